The van der Waals surface area contributed by atoms with Crippen molar-refractivity contribution in [3.63, 3.8) is 0 Å². The van der Waals surface area contributed by atoms with Crippen LogP contribution in [0.15, 0.2) is 78.2 Å². The average molecular weight is 407 g/mol. The van der Waals surface area contributed by atoms with Crippen molar-refractivity contribution in [2.75, 3.05) is 4.90 Å². The lowest BCUT2D eigenvalue weighted by Gasteiger charge is -2.35. The molecular weight excluding hydrogens is 390 g/mol. The van der Waals surface area contributed by atoms with E-state index in [0.29, 0.717) is 4.88 Å². The Bertz CT molecular complexity index is 1200. The van der Waals surface area contributed by atoms with Gasteiger partial charge < -0.3 is 4.90 Å². The van der Waals surface area contributed by atoms with Gasteiger partial charge in [0.15, 0.2) is 11.2 Å². The minimum absolute atomic E-state index is 0.0543. The zero-order valence-electron chi connectivity index (χ0n) is 16.0. The SMILES string of the molecule is N#CC1(C#N)[C@H](c2ccccc2)[C@@H](C(=O)c2cccs2)N2c3ccccc3C=C[C@H]21. The van der Waals surface area contributed by atoms with Crippen molar-refractivity contribution in [1.29, 1.82) is 10.5 Å². The van der Waals surface area contributed by atoms with Crippen LogP contribution in [0.25, 0.3) is 6.08 Å². The summed E-state index contributed by atoms with van der Waals surface area (Å²) in [5.41, 5.74) is 1.31. The van der Waals surface area contributed by atoms with E-state index >= 15 is 0 Å². The van der Waals surface area contributed by atoms with Crippen molar-refractivity contribution in [2.45, 2.75) is 18.0 Å². The Balaban J connectivity index is 1.80. The van der Waals surface area contributed by atoms with E-state index < -0.39 is 23.4 Å². The number of carbonyl (C=O) groups excluding carboxylic acids is 1. The van der Waals surface area contributed by atoms with Gasteiger partial charge in [0.05, 0.1) is 23.1 Å². The van der Waals surface area contributed by atoms with Crippen molar-refractivity contribution in [1.82, 2.24) is 0 Å². The lowest BCUT2D eigenvalue weighted by molar-refractivity contribution is 0.0955. The molecule has 144 valence electrons. The highest BCUT2D eigenvalue weighted by molar-refractivity contribution is 7.12. The number of carbonyl (C=O) groups is 1. The van der Waals surface area contributed by atoms with Gasteiger partial charge in [0.25, 0.3) is 0 Å². The van der Waals surface area contributed by atoms with Crippen LogP contribution < -0.4 is 4.90 Å². The molecule has 0 saturated carbocycles. The maximum atomic E-state index is 13.8. The molecule has 0 spiro atoms. The lowest BCUT2D eigenvalue weighted by atomic mass is 9.69. The third kappa shape index (κ3) is 2.46. The standard InChI is InChI=1S/C25H17N3OS/c26-15-25(16-27)21-13-12-17-7-4-5-10-19(17)28(21)23(24(29)20-11-6-14-30-20)22(25)18-8-2-1-3-9-18/h1-14,21-23H/t21-,22+,23-/m0/s1. The van der Waals surface area contributed by atoms with Crippen LogP contribution in [-0.4, -0.2) is 17.9 Å². The number of nitriles is 2. The Hall–Kier alpha value is -3.67. The molecule has 1 fully saturated rings. The Morgan fingerprint density at radius 1 is 0.967 bits per heavy atom. The fraction of sp³-hybridized carbons (Fsp3) is 0.160. The predicted molar refractivity (Wildman–Crippen MR) is 117 cm³/mol. The molecule has 3 aromatic rings. The van der Waals surface area contributed by atoms with Gasteiger partial charge in [-0.2, -0.15) is 10.5 Å². The second-order valence-electron chi connectivity index (χ2n) is 7.54. The topological polar surface area (TPSA) is 67.9 Å². The number of fused-ring (bicyclic) bond motifs is 3. The minimum atomic E-state index is -1.39. The Morgan fingerprint density at radius 3 is 2.40 bits per heavy atom. The summed E-state index contributed by atoms with van der Waals surface area (Å²) in [6.07, 6.45) is 3.87. The van der Waals surface area contributed by atoms with Gasteiger partial charge in [-0.25, -0.2) is 0 Å². The van der Waals surface area contributed by atoms with Gasteiger partial charge in [-0.1, -0.05) is 66.7 Å². The van der Waals surface area contributed by atoms with E-state index in [1.165, 1.54) is 11.3 Å². The first-order valence-corrected chi connectivity index (χ1v) is 10.6. The molecule has 0 radical (unpaired) electrons. The normalized spacial score (nSPS) is 23.1. The summed E-state index contributed by atoms with van der Waals surface area (Å²) in [4.78, 5) is 16.4. The summed E-state index contributed by atoms with van der Waals surface area (Å²) >= 11 is 1.39. The van der Waals surface area contributed by atoms with E-state index in [1.54, 1.807) is 0 Å². The highest BCUT2D eigenvalue weighted by atomic mass is 32.1. The summed E-state index contributed by atoms with van der Waals surface area (Å²) in [7, 11) is 0. The second kappa shape index (κ2) is 6.99. The molecule has 0 N–H and O–H groups in total. The minimum Gasteiger partial charge on any atom is -0.351 e. The van der Waals surface area contributed by atoms with Crippen molar-refractivity contribution < 1.29 is 4.79 Å². The van der Waals surface area contributed by atoms with Crippen LogP contribution in [0.5, 0.6) is 0 Å². The molecule has 30 heavy (non-hydrogen) atoms. The maximum Gasteiger partial charge on any atom is 0.195 e. The van der Waals surface area contributed by atoms with Gasteiger partial charge in [0.1, 0.15) is 6.04 Å². The molecule has 5 rings (SSSR count). The molecule has 3 atom stereocenters. The van der Waals surface area contributed by atoms with Crippen LogP contribution in [0.4, 0.5) is 5.69 Å². The zero-order valence-corrected chi connectivity index (χ0v) is 16.8. The van der Waals surface area contributed by atoms with E-state index in [-0.39, 0.29) is 5.78 Å². The van der Waals surface area contributed by atoms with Gasteiger partial charge in [-0.05, 0) is 28.6 Å². The number of hydrogen-bond donors (Lipinski definition) is 0. The van der Waals surface area contributed by atoms with Gasteiger partial charge >= 0.3 is 0 Å². The summed E-state index contributed by atoms with van der Waals surface area (Å²) in [6, 6.07) is 24.5. The molecule has 3 heterocycles. The fourth-order valence-corrected chi connectivity index (χ4v) is 5.53. The monoisotopic (exact) mass is 407 g/mol. The first-order valence-electron chi connectivity index (χ1n) is 9.72. The fourth-order valence-electron chi connectivity index (χ4n) is 4.83. The Kier molecular flexibility index (Phi) is 4.28. The molecule has 2 aliphatic heterocycles. The third-order valence-electron chi connectivity index (χ3n) is 6.11. The second-order valence-corrected chi connectivity index (χ2v) is 8.49. The highest BCUT2D eigenvalue weighted by Gasteiger charge is 2.63. The lowest BCUT2D eigenvalue weighted by Crippen LogP contribution is -2.44. The number of benzene rings is 2. The number of thiophene rings is 1. The Labute approximate surface area is 178 Å². The largest absolute Gasteiger partial charge is 0.351 e. The summed E-state index contributed by atoms with van der Waals surface area (Å²) < 4.78 is 0. The molecule has 1 aromatic heterocycles. The van der Waals surface area contributed by atoms with Crippen LogP contribution in [0.1, 0.15) is 26.7 Å². The van der Waals surface area contributed by atoms with Crippen molar-refractivity contribution in [3.05, 3.63) is 94.2 Å². The van der Waals surface area contributed by atoms with Crippen molar-refractivity contribution in [3.8, 4) is 12.1 Å². The number of Topliss-reactive ketones (excluding diaryl/α,β-unsaturated/α-hetero) is 1. The van der Waals surface area contributed by atoms with Crippen LogP contribution in [0.2, 0.25) is 0 Å². The summed E-state index contributed by atoms with van der Waals surface area (Å²) in [5, 5.41) is 22.5. The van der Waals surface area contributed by atoms with E-state index in [2.05, 4.69) is 12.1 Å². The van der Waals surface area contributed by atoms with Gasteiger partial charge in [-0.15, -0.1) is 11.3 Å². The first-order chi connectivity index (χ1) is 14.7. The van der Waals surface area contributed by atoms with Gasteiger partial charge in [0.2, 0.25) is 0 Å². The third-order valence-corrected chi connectivity index (χ3v) is 6.99. The Morgan fingerprint density at radius 2 is 1.70 bits per heavy atom. The van der Waals surface area contributed by atoms with E-state index in [4.69, 9.17) is 0 Å². The number of hydrogen-bond acceptors (Lipinski definition) is 5. The van der Waals surface area contributed by atoms with Crippen LogP contribution in [0.3, 0.4) is 0 Å². The van der Waals surface area contributed by atoms with Crippen LogP contribution in [-0.2, 0) is 0 Å². The van der Waals surface area contributed by atoms with Crippen molar-refractivity contribution in [2.24, 2.45) is 5.41 Å². The molecule has 0 unspecified atom stereocenters. The summed E-state index contributed by atoms with van der Waals surface area (Å²) in [5.74, 6) is -0.634. The van der Waals surface area contributed by atoms with Crippen LogP contribution >= 0.6 is 11.3 Å². The smallest absolute Gasteiger partial charge is 0.195 e. The molecule has 0 amide bonds. The highest BCUT2D eigenvalue weighted by Crippen LogP contribution is 2.55. The van der Waals surface area contributed by atoms with Gasteiger partial charge in [0, 0.05) is 11.6 Å². The number of para-hydroxylation sites is 1. The molecule has 0 bridgehead atoms. The number of rotatable bonds is 3. The van der Waals surface area contributed by atoms with E-state index in [9.17, 15) is 15.3 Å². The van der Waals surface area contributed by atoms with E-state index in [0.717, 1.165) is 16.8 Å². The average Bonchev–Trinajstić information content (AvgIpc) is 3.44. The van der Waals surface area contributed by atoms with Gasteiger partial charge in [-0.3, -0.25) is 4.79 Å². The predicted octanol–water partition coefficient (Wildman–Crippen LogP) is 5.03. The molecule has 5 heteroatoms. The molecule has 2 aliphatic rings. The molecule has 2 aromatic carbocycles. The molecule has 1 saturated heterocycles. The molecule has 0 aliphatic carbocycles. The van der Waals surface area contributed by atoms with Crippen molar-refractivity contribution >= 4 is 28.9 Å². The van der Waals surface area contributed by atoms with E-state index in [1.807, 2.05) is 89.2 Å². The zero-order chi connectivity index (χ0) is 20.7. The molecular formula is C25H17N3OS. The number of ketones is 1. The first kappa shape index (κ1) is 18.4. The quantitative estimate of drug-likeness (QED) is 0.571. The van der Waals surface area contributed by atoms with Crippen LogP contribution in [0, 0.1) is 28.1 Å². The maximum absolute atomic E-state index is 13.8. The number of anilines is 1. The molecule has 4 nitrogen and oxygen atoms in total. The summed E-state index contributed by atoms with van der Waals surface area (Å²) in [6.45, 7) is 0. The number of nitrogens with zero attached hydrogens (tertiary/aromatic N) is 3.